The number of hydrogen-bond donors (Lipinski definition) is 0. The Morgan fingerprint density at radius 3 is 2.32 bits per heavy atom. The van der Waals surface area contributed by atoms with Gasteiger partial charge in [0.1, 0.15) is 0 Å². The molecule has 6 nitrogen and oxygen atoms in total. The Labute approximate surface area is 156 Å². The number of nitrogens with zero attached hydrogens (tertiary/aromatic N) is 4. The molecule has 2 saturated heterocycles. The molecule has 1 amide bonds. The van der Waals surface area contributed by atoms with Crippen LogP contribution < -0.4 is 4.90 Å². The van der Waals surface area contributed by atoms with Crippen molar-refractivity contribution in [3.05, 3.63) is 18.0 Å². The van der Waals surface area contributed by atoms with E-state index < -0.39 is 11.7 Å². The first-order chi connectivity index (χ1) is 11.9. The lowest BCUT2D eigenvalue weighted by atomic mass is 10.0. The van der Waals surface area contributed by atoms with E-state index in [0.717, 1.165) is 12.4 Å². The highest BCUT2D eigenvalue weighted by Gasteiger charge is 2.42. The van der Waals surface area contributed by atoms with Crippen LogP contribution in [-0.2, 0) is 15.7 Å². The van der Waals surface area contributed by atoms with Crippen molar-refractivity contribution in [1.82, 2.24) is 14.9 Å². The fourth-order valence-electron chi connectivity index (χ4n) is 3.36. The molecule has 2 fully saturated rings. The van der Waals surface area contributed by atoms with Gasteiger partial charge in [-0.25, -0.2) is 9.97 Å². The van der Waals surface area contributed by atoms with Crippen LogP contribution in [0.4, 0.5) is 19.1 Å². The number of fused-ring (bicyclic) bond motifs is 1. The third-order valence-corrected chi connectivity index (χ3v) is 5.07. The smallest absolute Gasteiger partial charge is 0.371 e. The minimum absolute atomic E-state index is 0.0941. The van der Waals surface area contributed by atoms with E-state index in [9.17, 15) is 18.0 Å². The van der Waals surface area contributed by atoms with Crippen LogP contribution in [0.5, 0.6) is 0 Å². The van der Waals surface area contributed by atoms with Crippen LogP contribution >= 0.6 is 22.6 Å². The molecule has 0 unspecified atom stereocenters. The molecular formula is C15H18F3IN4O2. The molecule has 25 heavy (non-hydrogen) atoms. The van der Waals surface area contributed by atoms with Gasteiger partial charge in [0.2, 0.25) is 11.9 Å². The van der Waals surface area contributed by atoms with Crippen molar-refractivity contribution in [2.24, 2.45) is 11.8 Å². The summed E-state index contributed by atoms with van der Waals surface area (Å²) >= 11 is 2.09. The lowest BCUT2D eigenvalue weighted by Gasteiger charge is -2.22. The van der Waals surface area contributed by atoms with Crippen LogP contribution in [0.15, 0.2) is 12.4 Å². The number of alkyl halides is 4. The zero-order chi connectivity index (χ0) is 18.0. The normalized spacial score (nSPS) is 23.2. The van der Waals surface area contributed by atoms with Gasteiger partial charge in [0.15, 0.2) is 0 Å². The number of aromatic nitrogens is 2. The van der Waals surface area contributed by atoms with E-state index in [1.165, 1.54) is 0 Å². The second-order valence-corrected chi connectivity index (χ2v) is 6.88. The third-order valence-electron chi connectivity index (χ3n) is 4.62. The summed E-state index contributed by atoms with van der Waals surface area (Å²) in [4.78, 5) is 23.6. The van der Waals surface area contributed by atoms with E-state index in [4.69, 9.17) is 4.74 Å². The topological polar surface area (TPSA) is 58.6 Å². The maximum absolute atomic E-state index is 12.6. The predicted octanol–water partition coefficient (Wildman–Crippen LogP) is 2.19. The summed E-state index contributed by atoms with van der Waals surface area (Å²) in [5, 5.41) is 0. The van der Waals surface area contributed by atoms with Gasteiger partial charge in [-0.2, -0.15) is 13.2 Å². The number of carbonyl (C=O) groups excluding carboxylic acids is 1. The number of amides is 1. The van der Waals surface area contributed by atoms with Gasteiger partial charge in [-0.15, -0.1) is 0 Å². The highest BCUT2D eigenvalue weighted by Crippen LogP contribution is 2.34. The summed E-state index contributed by atoms with van der Waals surface area (Å²) in [6, 6.07) is 0. The van der Waals surface area contributed by atoms with Crippen molar-refractivity contribution < 1.29 is 22.7 Å². The second-order valence-electron chi connectivity index (χ2n) is 6.26. The van der Waals surface area contributed by atoms with Crippen molar-refractivity contribution in [3.8, 4) is 0 Å². The molecule has 0 radical (unpaired) electrons. The zero-order valence-electron chi connectivity index (χ0n) is 13.4. The maximum atomic E-state index is 12.6. The van der Waals surface area contributed by atoms with Crippen molar-refractivity contribution in [1.29, 1.82) is 0 Å². The van der Waals surface area contributed by atoms with Crippen LogP contribution in [0.3, 0.4) is 0 Å². The van der Waals surface area contributed by atoms with Gasteiger partial charge >= 0.3 is 6.18 Å². The quantitative estimate of drug-likeness (QED) is 0.375. The van der Waals surface area contributed by atoms with Gasteiger partial charge in [-0.1, -0.05) is 22.6 Å². The molecular weight excluding hydrogens is 452 g/mol. The van der Waals surface area contributed by atoms with E-state index in [-0.39, 0.29) is 5.91 Å². The molecule has 0 spiro atoms. The first-order valence-corrected chi connectivity index (χ1v) is 9.46. The van der Waals surface area contributed by atoms with Gasteiger partial charge in [-0.3, -0.25) is 4.79 Å². The molecule has 3 heterocycles. The summed E-state index contributed by atoms with van der Waals surface area (Å²) in [5.74, 6) is 1.02. The minimum Gasteiger partial charge on any atom is -0.371 e. The Balaban J connectivity index is 1.54. The average molecular weight is 470 g/mol. The molecule has 0 aliphatic carbocycles. The van der Waals surface area contributed by atoms with Gasteiger partial charge in [0.05, 0.1) is 23.2 Å². The van der Waals surface area contributed by atoms with Gasteiger partial charge in [-0.05, 0) is 0 Å². The Morgan fingerprint density at radius 2 is 1.80 bits per heavy atom. The molecule has 3 rings (SSSR count). The molecule has 0 N–H and O–H groups in total. The Kier molecular flexibility index (Phi) is 5.66. The summed E-state index contributed by atoms with van der Waals surface area (Å²) in [5.41, 5.74) is -0.846. The van der Waals surface area contributed by atoms with Gasteiger partial charge in [0.25, 0.3) is 0 Å². The first-order valence-electron chi connectivity index (χ1n) is 7.94. The van der Waals surface area contributed by atoms with Crippen molar-refractivity contribution in [2.45, 2.75) is 12.6 Å². The fourth-order valence-corrected chi connectivity index (χ4v) is 3.67. The molecule has 2 atom stereocenters. The fraction of sp³-hybridized carbons (Fsp3) is 0.667. The van der Waals surface area contributed by atoms with E-state index in [2.05, 4.69) is 32.6 Å². The number of halogens is 4. The molecule has 10 heteroatoms. The molecule has 0 bridgehead atoms. The zero-order valence-corrected chi connectivity index (χ0v) is 15.5. The lowest BCUT2D eigenvalue weighted by molar-refractivity contribution is -0.138. The predicted molar refractivity (Wildman–Crippen MR) is 92.3 cm³/mol. The number of likely N-dealkylation sites (tertiary alicyclic amines) is 1. The number of hydrogen-bond acceptors (Lipinski definition) is 5. The molecule has 0 aromatic carbocycles. The number of rotatable bonds is 5. The molecule has 2 aliphatic heterocycles. The van der Waals surface area contributed by atoms with Crippen LogP contribution in [0.1, 0.15) is 12.0 Å². The summed E-state index contributed by atoms with van der Waals surface area (Å²) in [6.45, 7) is 3.09. The van der Waals surface area contributed by atoms with E-state index in [1.807, 2.05) is 9.80 Å². The summed E-state index contributed by atoms with van der Waals surface area (Å²) < 4.78 is 43.5. The van der Waals surface area contributed by atoms with Gasteiger partial charge in [0, 0.05) is 50.4 Å². The van der Waals surface area contributed by atoms with E-state index in [0.29, 0.717) is 61.6 Å². The minimum atomic E-state index is -4.43. The van der Waals surface area contributed by atoms with Crippen LogP contribution in [0.2, 0.25) is 0 Å². The molecule has 1 aromatic heterocycles. The Morgan fingerprint density at radius 1 is 1.20 bits per heavy atom. The Hall–Kier alpha value is -1.17. The largest absolute Gasteiger partial charge is 0.419 e. The van der Waals surface area contributed by atoms with Crippen molar-refractivity contribution >= 4 is 34.4 Å². The highest BCUT2D eigenvalue weighted by molar-refractivity contribution is 14.1. The lowest BCUT2D eigenvalue weighted by Crippen LogP contribution is -2.34. The summed E-state index contributed by atoms with van der Waals surface area (Å²) in [6.07, 6.45) is -2.41. The number of ether oxygens (including phenoxy) is 1. The molecule has 0 saturated carbocycles. The number of anilines is 1. The van der Waals surface area contributed by atoms with E-state index in [1.54, 1.807) is 0 Å². The van der Waals surface area contributed by atoms with Crippen LogP contribution in [0, 0.1) is 11.8 Å². The van der Waals surface area contributed by atoms with Gasteiger partial charge < -0.3 is 14.5 Å². The second kappa shape index (κ2) is 7.60. The van der Waals surface area contributed by atoms with Crippen LogP contribution in [-0.4, -0.2) is 58.2 Å². The van der Waals surface area contributed by atoms with E-state index >= 15 is 0 Å². The Bertz CT molecular complexity index is 600. The standard InChI is InChI=1S/C15H18F3IN4O2/c16-15(17,18)12-3-20-14(21-4-12)23-7-10-5-22(6-11(10)8-23)13(24)1-2-25-9-19/h3-4,10-11H,1-2,5-9H2/t10-,11+. The number of carbonyl (C=O) groups is 1. The van der Waals surface area contributed by atoms with Crippen molar-refractivity contribution in [3.63, 3.8) is 0 Å². The monoisotopic (exact) mass is 470 g/mol. The highest BCUT2D eigenvalue weighted by atomic mass is 127. The maximum Gasteiger partial charge on any atom is 0.419 e. The van der Waals surface area contributed by atoms with Crippen molar-refractivity contribution in [2.75, 3.05) is 42.3 Å². The SMILES string of the molecule is O=C(CCOCI)N1C[C@@H]2CN(c3ncc(C(F)(F)F)cn3)C[C@@H]2C1. The molecule has 2 aliphatic rings. The molecule has 138 valence electrons. The first kappa shape index (κ1) is 18.6. The average Bonchev–Trinajstić information content (AvgIpc) is 3.13. The molecule has 1 aromatic rings. The third kappa shape index (κ3) is 4.33. The summed E-state index contributed by atoms with van der Waals surface area (Å²) in [7, 11) is 0. The van der Waals surface area contributed by atoms with Crippen LogP contribution in [0.25, 0.3) is 0 Å².